The normalized spacial score (nSPS) is 12.0. The van der Waals surface area contributed by atoms with E-state index >= 15 is 0 Å². The Labute approximate surface area is 88.8 Å². The van der Waals surface area contributed by atoms with Gasteiger partial charge in [0, 0.05) is 14.2 Å². The van der Waals surface area contributed by atoms with Crippen LogP contribution in [0.4, 0.5) is 4.39 Å². The fourth-order valence-corrected chi connectivity index (χ4v) is 2.49. The van der Waals surface area contributed by atoms with Gasteiger partial charge in [-0.15, -0.1) is 11.3 Å². The lowest BCUT2D eigenvalue weighted by Gasteiger charge is -2.26. The minimum atomic E-state index is -1.24. The molecule has 0 atom stereocenters. The second-order valence-corrected chi connectivity index (χ2v) is 4.86. The summed E-state index contributed by atoms with van der Waals surface area (Å²) in [6, 6.07) is 3.61. The van der Waals surface area contributed by atoms with Gasteiger partial charge in [-0.3, -0.25) is 0 Å². The van der Waals surface area contributed by atoms with E-state index in [1.165, 1.54) is 25.6 Å². The molecule has 1 heterocycles. The molecule has 13 heavy (non-hydrogen) atoms. The lowest BCUT2D eigenvalue weighted by atomic mass is 10.2. The van der Waals surface area contributed by atoms with Crippen LogP contribution >= 0.6 is 27.3 Å². The number of methoxy groups -OCH3 is 2. The highest BCUT2D eigenvalue weighted by Gasteiger charge is 2.33. The molecular formula is C8H10BrFO2S. The molecule has 0 aromatic carbocycles. The van der Waals surface area contributed by atoms with Crippen molar-refractivity contribution in [2.45, 2.75) is 5.79 Å². The molecular weight excluding hydrogens is 259 g/mol. The van der Waals surface area contributed by atoms with Crippen LogP contribution < -0.4 is 0 Å². The highest BCUT2D eigenvalue weighted by molar-refractivity contribution is 9.11. The van der Waals surface area contributed by atoms with Crippen molar-refractivity contribution in [1.82, 2.24) is 0 Å². The maximum Gasteiger partial charge on any atom is 0.233 e. The van der Waals surface area contributed by atoms with E-state index in [-0.39, 0.29) is 0 Å². The molecule has 0 aliphatic heterocycles. The third-order valence-corrected chi connectivity index (χ3v) is 3.53. The van der Waals surface area contributed by atoms with E-state index < -0.39 is 12.5 Å². The van der Waals surface area contributed by atoms with Crippen molar-refractivity contribution in [3.8, 4) is 0 Å². The summed E-state index contributed by atoms with van der Waals surface area (Å²) in [5.74, 6) is -1.24. The van der Waals surface area contributed by atoms with E-state index in [1.54, 1.807) is 6.07 Å². The predicted octanol–water partition coefficient (Wildman–Crippen LogP) is 2.93. The standard InChI is InChI=1S/C8H10BrFO2S/c1-11-8(5-10,12-2)6-3-4-7(9)13-6/h3-4H,5H2,1-2H3. The van der Waals surface area contributed by atoms with E-state index in [9.17, 15) is 4.39 Å². The van der Waals surface area contributed by atoms with E-state index in [4.69, 9.17) is 9.47 Å². The molecule has 1 rings (SSSR count). The lowest BCUT2D eigenvalue weighted by molar-refractivity contribution is -0.222. The van der Waals surface area contributed by atoms with Crippen molar-refractivity contribution in [2.24, 2.45) is 0 Å². The summed E-state index contributed by atoms with van der Waals surface area (Å²) in [7, 11) is 2.85. The molecule has 0 radical (unpaired) electrons. The van der Waals surface area contributed by atoms with Crippen molar-refractivity contribution in [3.05, 3.63) is 20.8 Å². The first-order valence-electron chi connectivity index (χ1n) is 3.60. The molecule has 0 aliphatic rings. The number of hydrogen-bond acceptors (Lipinski definition) is 3. The van der Waals surface area contributed by atoms with Crippen molar-refractivity contribution in [3.63, 3.8) is 0 Å². The summed E-state index contributed by atoms with van der Waals surface area (Å²) >= 11 is 4.69. The van der Waals surface area contributed by atoms with Gasteiger partial charge in [0.25, 0.3) is 0 Å². The molecule has 1 aromatic rings. The maximum atomic E-state index is 12.7. The summed E-state index contributed by atoms with van der Waals surface area (Å²) in [5.41, 5.74) is 0. The number of alkyl halides is 1. The molecule has 0 spiro atoms. The van der Waals surface area contributed by atoms with Gasteiger partial charge in [0.1, 0.15) is 6.67 Å². The first kappa shape index (κ1) is 11.1. The summed E-state index contributed by atoms with van der Waals surface area (Å²) in [6.45, 7) is -0.701. The molecule has 2 nitrogen and oxygen atoms in total. The smallest absolute Gasteiger partial charge is 0.233 e. The quantitative estimate of drug-likeness (QED) is 0.782. The second kappa shape index (κ2) is 4.50. The van der Waals surface area contributed by atoms with Crippen LogP contribution in [0.5, 0.6) is 0 Å². The van der Waals surface area contributed by atoms with Crippen LogP contribution in [0.15, 0.2) is 15.9 Å². The molecule has 1 aromatic heterocycles. The summed E-state index contributed by atoms with van der Waals surface area (Å²) in [6.07, 6.45) is 0. The van der Waals surface area contributed by atoms with E-state index in [2.05, 4.69) is 15.9 Å². The van der Waals surface area contributed by atoms with Gasteiger partial charge in [-0.25, -0.2) is 4.39 Å². The number of ether oxygens (including phenoxy) is 2. The van der Waals surface area contributed by atoms with Gasteiger partial charge in [0.05, 0.1) is 8.66 Å². The van der Waals surface area contributed by atoms with Gasteiger partial charge in [0.2, 0.25) is 5.79 Å². The van der Waals surface area contributed by atoms with Crippen LogP contribution in [0, 0.1) is 0 Å². The topological polar surface area (TPSA) is 18.5 Å². The average molecular weight is 269 g/mol. The maximum absolute atomic E-state index is 12.7. The highest BCUT2D eigenvalue weighted by Crippen LogP contribution is 2.34. The average Bonchev–Trinajstić information content (AvgIpc) is 2.57. The highest BCUT2D eigenvalue weighted by atomic mass is 79.9. The Balaban J connectivity index is 3.00. The van der Waals surface area contributed by atoms with Crippen LogP contribution in [-0.4, -0.2) is 20.9 Å². The zero-order valence-electron chi connectivity index (χ0n) is 7.34. The third kappa shape index (κ3) is 2.10. The molecule has 0 aliphatic carbocycles. The molecule has 0 amide bonds. The van der Waals surface area contributed by atoms with Crippen LogP contribution in [0.1, 0.15) is 4.88 Å². The Morgan fingerprint density at radius 2 is 2.08 bits per heavy atom. The van der Waals surface area contributed by atoms with Gasteiger partial charge < -0.3 is 9.47 Å². The molecule has 0 N–H and O–H groups in total. The minimum absolute atomic E-state index is 0.701. The van der Waals surface area contributed by atoms with Crippen molar-refractivity contribution in [2.75, 3.05) is 20.9 Å². The van der Waals surface area contributed by atoms with E-state index in [0.717, 1.165) is 3.79 Å². The van der Waals surface area contributed by atoms with Gasteiger partial charge in [0.15, 0.2) is 0 Å². The molecule has 0 saturated carbocycles. The third-order valence-electron chi connectivity index (χ3n) is 1.78. The monoisotopic (exact) mass is 268 g/mol. The Morgan fingerprint density at radius 1 is 1.46 bits per heavy atom. The van der Waals surface area contributed by atoms with E-state index in [1.807, 2.05) is 6.07 Å². The fourth-order valence-electron chi connectivity index (χ4n) is 0.978. The van der Waals surface area contributed by atoms with Crippen LogP contribution in [0.25, 0.3) is 0 Å². The first-order chi connectivity index (χ1) is 6.18. The van der Waals surface area contributed by atoms with Gasteiger partial charge in [-0.2, -0.15) is 0 Å². The zero-order chi connectivity index (χ0) is 9.90. The van der Waals surface area contributed by atoms with Gasteiger partial charge >= 0.3 is 0 Å². The molecule has 0 unspecified atom stereocenters. The first-order valence-corrected chi connectivity index (χ1v) is 5.21. The SMILES string of the molecule is COC(CF)(OC)c1ccc(Br)s1. The Morgan fingerprint density at radius 3 is 2.38 bits per heavy atom. The lowest BCUT2D eigenvalue weighted by Crippen LogP contribution is -2.32. The van der Waals surface area contributed by atoms with Crippen molar-refractivity contribution >= 4 is 27.3 Å². The molecule has 0 bridgehead atoms. The van der Waals surface area contributed by atoms with E-state index in [0.29, 0.717) is 4.88 Å². The largest absolute Gasteiger partial charge is 0.347 e. The number of thiophene rings is 1. The van der Waals surface area contributed by atoms with Crippen LogP contribution in [0.3, 0.4) is 0 Å². The molecule has 0 saturated heterocycles. The second-order valence-electron chi connectivity index (χ2n) is 2.40. The number of hydrogen-bond donors (Lipinski definition) is 0. The molecule has 74 valence electrons. The molecule has 5 heteroatoms. The number of rotatable bonds is 4. The minimum Gasteiger partial charge on any atom is -0.347 e. The van der Waals surface area contributed by atoms with Gasteiger partial charge in [-0.1, -0.05) is 0 Å². The zero-order valence-corrected chi connectivity index (χ0v) is 9.74. The van der Waals surface area contributed by atoms with Crippen LogP contribution in [-0.2, 0) is 15.3 Å². The Kier molecular flexibility index (Phi) is 3.85. The summed E-state index contributed by atoms with van der Waals surface area (Å²) < 4.78 is 23.7. The van der Waals surface area contributed by atoms with Gasteiger partial charge in [-0.05, 0) is 28.1 Å². The Bertz CT molecular complexity index is 265. The number of halogens is 2. The summed E-state index contributed by atoms with van der Waals surface area (Å²) in [4.78, 5) is 0.715. The molecule has 0 fully saturated rings. The predicted molar refractivity (Wildman–Crippen MR) is 53.7 cm³/mol. The fraction of sp³-hybridized carbons (Fsp3) is 0.500. The van der Waals surface area contributed by atoms with Crippen LogP contribution in [0.2, 0.25) is 0 Å². The van der Waals surface area contributed by atoms with Crippen molar-refractivity contribution < 1.29 is 13.9 Å². The Hall–Kier alpha value is 0.0300. The van der Waals surface area contributed by atoms with Crippen molar-refractivity contribution in [1.29, 1.82) is 0 Å². The summed E-state index contributed by atoms with van der Waals surface area (Å²) in [5, 5.41) is 0.